The number of rotatable bonds is 4. The number of hydrogen-bond acceptors (Lipinski definition) is 3. The summed E-state index contributed by atoms with van der Waals surface area (Å²) < 4.78 is 26.3. The number of hydrogen-bond donors (Lipinski definition) is 1. The zero-order chi connectivity index (χ0) is 9.90. The molecule has 0 aromatic heterocycles. The molecule has 1 fully saturated rings. The van der Waals surface area contributed by atoms with Crippen LogP contribution in [0.2, 0.25) is 0 Å². The number of nitrogens with zero attached hydrogens (tertiary/aromatic N) is 2. The largest absolute Gasteiger partial charge is 0.318 e. The van der Waals surface area contributed by atoms with Crippen molar-refractivity contribution < 1.29 is 8.42 Å². The van der Waals surface area contributed by atoms with E-state index in [-0.39, 0.29) is 0 Å². The maximum absolute atomic E-state index is 11.7. The predicted octanol–water partition coefficient (Wildman–Crippen LogP) is -0.912. The van der Waals surface area contributed by atoms with Crippen LogP contribution in [0.15, 0.2) is 0 Å². The molecule has 0 aliphatic carbocycles. The average Bonchev–Trinajstić information content (AvgIpc) is 2.37. The lowest BCUT2D eigenvalue weighted by Crippen LogP contribution is -2.36. The van der Waals surface area contributed by atoms with Crippen LogP contribution in [0.25, 0.3) is 0 Å². The zero-order valence-electron chi connectivity index (χ0n) is 8.15. The minimum absolute atomic E-state index is 0.565. The van der Waals surface area contributed by atoms with Gasteiger partial charge in [0.2, 0.25) is 0 Å². The van der Waals surface area contributed by atoms with E-state index in [1.54, 1.807) is 0 Å². The van der Waals surface area contributed by atoms with Crippen LogP contribution in [0.4, 0.5) is 0 Å². The van der Waals surface area contributed by atoms with Gasteiger partial charge in [-0.25, -0.2) is 0 Å². The summed E-state index contributed by atoms with van der Waals surface area (Å²) in [6.45, 7) is 4.95. The standard InChI is InChI=1S/C7H17N3O2S/c1-3-9-6-7-10(5-4-8-2)13(9,11)12/h8H,3-7H2,1-2H3. The maximum atomic E-state index is 11.7. The first-order chi connectivity index (χ1) is 6.12. The average molecular weight is 207 g/mol. The Balaban J connectivity index is 2.60. The lowest BCUT2D eigenvalue weighted by molar-refractivity contribution is 0.444. The molecule has 1 N–H and O–H groups in total. The lowest BCUT2D eigenvalue weighted by Gasteiger charge is -2.16. The van der Waals surface area contributed by atoms with Crippen molar-refractivity contribution in [1.29, 1.82) is 0 Å². The molecule has 0 aromatic rings. The van der Waals surface area contributed by atoms with Gasteiger partial charge in [0.1, 0.15) is 0 Å². The fourth-order valence-electron chi connectivity index (χ4n) is 1.40. The fourth-order valence-corrected chi connectivity index (χ4v) is 3.00. The molecule has 0 aromatic carbocycles. The number of nitrogens with one attached hydrogen (secondary N) is 1. The summed E-state index contributed by atoms with van der Waals surface area (Å²) >= 11 is 0. The fraction of sp³-hybridized carbons (Fsp3) is 1.00. The molecule has 1 aliphatic rings. The Morgan fingerprint density at radius 1 is 1.31 bits per heavy atom. The number of likely N-dealkylation sites (N-methyl/N-ethyl adjacent to an activating group) is 2. The highest BCUT2D eigenvalue weighted by atomic mass is 32.2. The maximum Gasteiger partial charge on any atom is 0.282 e. The van der Waals surface area contributed by atoms with E-state index >= 15 is 0 Å². The molecule has 1 rings (SSSR count). The van der Waals surface area contributed by atoms with E-state index in [1.165, 1.54) is 8.61 Å². The molecular weight excluding hydrogens is 190 g/mol. The van der Waals surface area contributed by atoms with Crippen molar-refractivity contribution in [3.8, 4) is 0 Å². The monoisotopic (exact) mass is 207 g/mol. The van der Waals surface area contributed by atoms with Crippen molar-refractivity contribution in [2.75, 3.05) is 39.8 Å². The molecule has 13 heavy (non-hydrogen) atoms. The molecule has 0 amide bonds. The molecule has 0 unspecified atom stereocenters. The molecule has 0 atom stereocenters. The van der Waals surface area contributed by atoms with Crippen LogP contribution in [0.5, 0.6) is 0 Å². The van der Waals surface area contributed by atoms with Crippen molar-refractivity contribution in [2.24, 2.45) is 0 Å². The Hall–Kier alpha value is -0.170. The van der Waals surface area contributed by atoms with E-state index in [0.29, 0.717) is 32.7 Å². The first kappa shape index (κ1) is 10.9. The highest BCUT2D eigenvalue weighted by molar-refractivity contribution is 7.87. The van der Waals surface area contributed by atoms with E-state index in [1.807, 2.05) is 14.0 Å². The Morgan fingerprint density at radius 3 is 2.38 bits per heavy atom. The van der Waals surface area contributed by atoms with Crippen LogP contribution in [0, 0.1) is 0 Å². The zero-order valence-corrected chi connectivity index (χ0v) is 8.97. The topological polar surface area (TPSA) is 52.6 Å². The Labute approximate surface area is 79.9 Å². The van der Waals surface area contributed by atoms with Crippen molar-refractivity contribution in [3.63, 3.8) is 0 Å². The highest BCUT2D eigenvalue weighted by Crippen LogP contribution is 2.14. The van der Waals surface area contributed by atoms with Gasteiger partial charge < -0.3 is 5.32 Å². The van der Waals surface area contributed by atoms with Crippen LogP contribution in [-0.2, 0) is 10.2 Å². The minimum Gasteiger partial charge on any atom is -0.318 e. The van der Waals surface area contributed by atoms with Gasteiger partial charge in [-0.1, -0.05) is 6.92 Å². The predicted molar refractivity (Wildman–Crippen MR) is 51.7 cm³/mol. The molecule has 0 bridgehead atoms. The molecule has 0 spiro atoms. The van der Waals surface area contributed by atoms with Crippen LogP contribution < -0.4 is 5.32 Å². The lowest BCUT2D eigenvalue weighted by atomic mass is 10.5. The summed E-state index contributed by atoms with van der Waals surface area (Å²) in [5, 5.41) is 2.94. The van der Waals surface area contributed by atoms with Crippen molar-refractivity contribution in [3.05, 3.63) is 0 Å². The first-order valence-electron chi connectivity index (χ1n) is 4.52. The van der Waals surface area contributed by atoms with Crippen molar-refractivity contribution >= 4 is 10.2 Å². The molecule has 1 saturated heterocycles. The van der Waals surface area contributed by atoms with Crippen LogP contribution >= 0.6 is 0 Å². The SMILES string of the molecule is CCN1CCN(CCNC)S1(=O)=O. The molecule has 0 saturated carbocycles. The summed E-state index contributed by atoms with van der Waals surface area (Å²) in [6.07, 6.45) is 0. The summed E-state index contributed by atoms with van der Waals surface area (Å²) in [6, 6.07) is 0. The van der Waals surface area contributed by atoms with Gasteiger partial charge in [-0.05, 0) is 7.05 Å². The minimum atomic E-state index is -3.12. The van der Waals surface area contributed by atoms with Gasteiger partial charge in [-0.2, -0.15) is 17.0 Å². The molecule has 1 heterocycles. The third kappa shape index (κ3) is 2.19. The van der Waals surface area contributed by atoms with Gasteiger partial charge in [0, 0.05) is 32.7 Å². The Morgan fingerprint density at radius 2 is 1.92 bits per heavy atom. The second-order valence-electron chi connectivity index (χ2n) is 3.00. The third-order valence-electron chi connectivity index (χ3n) is 2.22. The second kappa shape index (κ2) is 4.36. The van der Waals surface area contributed by atoms with Crippen LogP contribution in [0.1, 0.15) is 6.92 Å². The molecule has 78 valence electrons. The van der Waals surface area contributed by atoms with E-state index in [2.05, 4.69) is 5.32 Å². The normalized spacial score (nSPS) is 23.8. The summed E-state index contributed by atoms with van der Waals surface area (Å²) in [5.74, 6) is 0. The third-order valence-corrected chi connectivity index (χ3v) is 4.33. The van der Waals surface area contributed by atoms with Gasteiger partial charge in [0.05, 0.1) is 0 Å². The summed E-state index contributed by atoms with van der Waals surface area (Å²) in [4.78, 5) is 0. The van der Waals surface area contributed by atoms with Crippen LogP contribution in [0.3, 0.4) is 0 Å². The second-order valence-corrected chi connectivity index (χ2v) is 4.93. The van der Waals surface area contributed by atoms with Gasteiger partial charge in [-0.15, -0.1) is 0 Å². The smallest absolute Gasteiger partial charge is 0.282 e. The van der Waals surface area contributed by atoms with E-state index in [0.717, 1.165) is 0 Å². The van der Waals surface area contributed by atoms with Crippen LogP contribution in [-0.4, -0.2) is 56.8 Å². The van der Waals surface area contributed by atoms with Gasteiger partial charge >= 0.3 is 0 Å². The Kier molecular flexibility index (Phi) is 3.66. The van der Waals surface area contributed by atoms with Gasteiger partial charge in [-0.3, -0.25) is 0 Å². The summed E-state index contributed by atoms with van der Waals surface area (Å²) in [7, 11) is -1.30. The molecule has 6 heteroatoms. The summed E-state index contributed by atoms with van der Waals surface area (Å²) in [5.41, 5.74) is 0. The highest BCUT2D eigenvalue weighted by Gasteiger charge is 2.34. The van der Waals surface area contributed by atoms with Gasteiger partial charge in [0.25, 0.3) is 10.2 Å². The molecular formula is C7H17N3O2S. The first-order valence-corrected chi connectivity index (χ1v) is 5.92. The van der Waals surface area contributed by atoms with Crippen molar-refractivity contribution in [2.45, 2.75) is 6.92 Å². The van der Waals surface area contributed by atoms with Crippen molar-refractivity contribution in [1.82, 2.24) is 13.9 Å². The molecule has 0 radical (unpaired) electrons. The van der Waals surface area contributed by atoms with E-state index < -0.39 is 10.2 Å². The van der Waals surface area contributed by atoms with Gasteiger partial charge in [0.15, 0.2) is 0 Å². The Bertz CT molecular complexity index is 252. The van der Waals surface area contributed by atoms with E-state index in [9.17, 15) is 8.42 Å². The quantitative estimate of drug-likeness (QED) is 0.649. The molecule has 1 aliphatic heterocycles. The molecule has 5 nitrogen and oxygen atoms in total. The van der Waals surface area contributed by atoms with E-state index in [4.69, 9.17) is 0 Å².